The molecule has 0 aliphatic carbocycles. The normalized spacial score (nSPS) is 19.6. The molecule has 1 aromatic carbocycles. The summed E-state index contributed by atoms with van der Waals surface area (Å²) in [5, 5.41) is 7.50. The van der Waals surface area contributed by atoms with E-state index in [0.29, 0.717) is 6.42 Å². The molecule has 4 rings (SSSR count). The number of fused-ring (bicyclic) bond motifs is 1. The summed E-state index contributed by atoms with van der Waals surface area (Å²) in [5.41, 5.74) is -0.917. The molecule has 1 fully saturated rings. The summed E-state index contributed by atoms with van der Waals surface area (Å²) in [6.07, 6.45) is 0.782. The fourth-order valence-electron chi connectivity index (χ4n) is 3.33. The molecule has 1 aromatic heterocycles. The number of sulfone groups is 1. The Balaban J connectivity index is 1.72. The second-order valence-electron chi connectivity index (χ2n) is 7.68. The van der Waals surface area contributed by atoms with Crippen LogP contribution in [0.4, 0.5) is 10.1 Å². The second-order valence-corrected chi connectivity index (χ2v) is 9.67. The van der Waals surface area contributed by atoms with Crippen LogP contribution in [0, 0.1) is 5.82 Å². The van der Waals surface area contributed by atoms with E-state index < -0.39 is 38.8 Å². The zero-order valence-corrected chi connectivity index (χ0v) is 16.6. The molecule has 0 N–H and O–H groups in total. The van der Waals surface area contributed by atoms with Crippen LogP contribution in [0.25, 0.3) is 11.0 Å². The van der Waals surface area contributed by atoms with E-state index in [1.54, 1.807) is 13.8 Å². The number of piperidine rings is 1. The van der Waals surface area contributed by atoms with Gasteiger partial charge in [0.25, 0.3) is 0 Å². The summed E-state index contributed by atoms with van der Waals surface area (Å²) in [6, 6.07) is 2.21. The lowest BCUT2D eigenvalue weighted by Gasteiger charge is -2.25. The number of halogens is 1. The number of carbonyl (C=O) groups is 2. The SMILES string of the molecule is CC1(C)CC(S(=O)(=O)Cc2noc3cc(F)c(N4C(=O)CCCC4=O)cc23)=NO1. The van der Waals surface area contributed by atoms with Crippen LogP contribution >= 0.6 is 0 Å². The summed E-state index contributed by atoms with van der Waals surface area (Å²) in [4.78, 5) is 30.2. The highest BCUT2D eigenvalue weighted by Gasteiger charge is 2.37. The Labute approximate surface area is 165 Å². The minimum atomic E-state index is -3.85. The van der Waals surface area contributed by atoms with Gasteiger partial charge >= 0.3 is 0 Å². The third kappa shape index (κ3) is 3.50. The van der Waals surface area contributed by atoms with Gasteiger partial charge in [-0.25, -0.2) is 17.7 Å². The molecule has 29 heavy (non-hydrogen) atoms. The van der Waals surface area contributed by atoms with Crippen molar-refractivity contribution >= 4 is 43.4 Å². The fraction of sp³-hybridized carbons (Fsp3) is 0.444. The van der Waals surface area contributed by atoms with E-state index in [-0.39, 0.29) is 46.7 Å². The van der Waals surface area contributed by atoms with Crippen LogP contribution in [0.2, 0.25) is 0 Å². The lowest BCUT2D eigenvalue weighted by atomic mass is 10.1. The maximum absolute atomic E-state index is 14.5. The van der Waals surface area contributed by atoms with E-state index in [2.05, 4.69) is 10.3 Å². The monoisotopic (exact) mass is 423 g/mol. The average Bonchev–Trinajstić information content (AvgIpc) is 3.18. The number of imide groups is 1. The number of aromatic nitrogens is 1. The third-order valence-electron chi connectivity index (χ3n) is 4.79. The molecule has 154 valence electrons. The smallest absolute Gasteiger partial charge is 0.233 e. The minimum Gasteiger partial charge on any atom is -0.389 e. The molecular formula is C18H18FN3O6S. The molecule has 2 aliphatic heterocycles. The summed E-state index contributed by atoms with van der Waals surface area (Å²) >= 11 is 0. The van der Waals surface area contributed by atoms with Gasteiger partial charge in [0.05, 0.1) is 5.69 Å². The lowest BCUT2D eigenvalue weighted by molar-refractivity contribution is -0.129. The van der Waals surface area contributed by atoms with Gasteiger partial charge in [-0.15, -0.1) is 0 Å². The van der Waals surface area contributed by atoms with Gasteiger partial charge < -0.3 is 9.36 Å². The highest BCUT2D eigenvalue weighted by Crippen LogP contribution is 2.32. The number of nitrogens with zero attached hydrogens (tertiary/aromatic N) is 3. The van der Waals surface area contributed by atoms with Gasteiger partial charge in [0.15, 0.2) is 16.4 Å². The largest absolute Gasteiger partial charge is 0.389 e. The van der Waals surface area contributed by atoms with Gasteiger partial charge in [-0.05, 0) is 26.3 Å². The van der Waals surface area contributed by atoms with Crippen molar-refractivity contribution in [2.75, 3.05) is 4.90 Å². The van der Waals surface area contributed by atoms with Crippen LogP contribution in [-0.2, 0) is 30.0 Å². The molecule has 2 amide bonds. The summed E-state index contributed by atoms with van der Waals surface area (Å²) in [5.74, 6) is -2.39. The number of benzene rings is 1. The standard InChI is InChI=1S/C18H18FN3O6S/c1-18(2)8-15(21-28-18)29(25,26)9-12-10-6-13(11(19)7-14(10)27-20-12)22-16(23)4-3-5-17(22)24/h6-7H,3-5,8-9H2,1-2H3. The molecule has 9 nitrogen and oxygen atoms in total. The maximum Gasteiger partial charge on any atom is 0.233 e. The topological polar surface area (TPSA) is 119 Å². The van der Waals surface area contributed by atoms with Crippen LogP contribution in [0.5, 0.6) is 0 Å². The van der Waals surface area contributed by atoms with E-state index in [1.807, 2.05) is 0 Å². The Morgan fingerprint density at radius 3 is 2.52 bits per heavy atom. The Morgan fingerprint density at radius 2 is 1.90 bits per heavy atom. The van der Waals surface area contributed by atoms with E-state index >= 15 is 0 Å². The highest BCUT2D eigenvalue weighted by molar-refractivity contribution is 8.05. The number of amides is 2. The number of hydrogen-bond donors (Lipinski definition) is 0. The molecule has 2 aromatic rings. The van der Waals surface area contributed by atoms with Gasteiger partial charge in [0, 0.05) is 30.7 Å². The van der Waals surface area contributed by atoms with Crippen LogP contribution in [-0.4, -0.2) is 36.0 Å². The van der Waals surface area contributed by atoms with Crippen molar-refractivity contribution in [1.82, 2.24) is 5.16 Å². The molecule has 0 atom stereocenters. The Bertz CT molecular complexity index is 1150. The quantitative estimate of drug-likeness (QED) is 0.696. The highest BCUT2D eigenvalue weighted by atomic mass is 32.2. The molecular weight excluding hydrogens is 405 g/mol. The first kappa shape index (κ1) is 19.5. The number of rotatable bonds is 3. The average molecular weight is 423 g/mol. The van der Waals surface area contributed by atoms with Crippen LogP contribution < -0.4 is 4.90 Å². The molecule has 0 unspecified atom stereocenters. The molecule has 3 heterocycles. The van der Waals surface area contributed by atoms with Gasteiger partial charge in [0.2, 0.25) is 21.7 Å². The van der Waals surface area contributed by atoms with Crippen molar-refractivity contribution in [3.8, 4) is 0 Å². The van der Waals surface area contributed by atoms with Crippen molar-refractivity contribution in [2.24, 2.45) is 5.16 Å². The number of carbonyl (C=O) groups excluding carboxylic acids is 2. The van der Waals surface area contributed by atoms with E-state index in [0.717, 1.165) is 11.0 Å². The van der Waals surface area contributed by atoms with Crippen molar-refractivity contribution in [3.63, 3.8) is 0 Å². The van der Waals surface area contributed by atoms with E-state index in [4.69, 9.17) is 9.36 Å². The summed E-state index contributed by atoms with van der Waals surface area (Å²) in [6.45, 7) is 3.43. The fourth-order valence-corrected chi connectivity index (χ4v) is 4.78. The second kappa shape index (κ2) is 6.61. The molecule has 1 saturated heterocycles. The maximum atomic E-state index is 14.5. The van der Waals surface area contributed by atoms with Gasteiger partial charge in [-0.3, -0.25) is 9.59 Å². The van der Waals surface area contributed by atoms with Crippen molar-refractivity contribution < 1.29 is 31.8 Å². The minimum absolute atomic E-state index is 0.0123. The van der Waals surface area contributed by atoms with Crippen molar-refractivity contribution in [2.45, 2.75) is 50.9 Å². The number of anilines is 1. The van der Waals surface area contributed by atoms with Gasteiger partial charge in [0.1, 0.15) is 17.0 Å². The zero-order chi connectivity index (χ0) is 21.0. The first-order valence-electron chi connectivity index (χ1n) is 8.99. The number of hydrogen-bond acceptors (Lipinski definition) is 8. The first-order chi connectivity index (χ1) is 13.6. The van der Waals surface area contributed by atoms with Crippen LogP contribution in [0.15, 0.2) is 21.8 Å². The molecule has 0 bridgehead atoms. The van der Waals surface area contributed by atoms with E-state index in [1.165, 1.54) is 6.07 Å². The Kier molecular flexibility index (Phi) is 4.45. The van der Waals surface area contributed by atoms with Crippen molar-refractivity contribution in [1.29, 1.82) is 0 Å². The van der Waals surface area contributed by atoms with E-state index in [9.17, 15) is 22.4 Å². The third-order valence-corrected chi connectivity index (χ3v) is 6.38. The molecule has 0 saturated carbocycles. The molecule has 0 radical (unpaired) electrons. The molecule has 11 heteroatoms. The predicted molar refractivity (Wildman–Crippen MR) is 100 cm³/mol. The van der Waals surface area contributed by atoms with Crippen molar-refractivity contribution in [3.05, 3.63) is 23.6 Å². The summed E-state index contributed by atoms with van der Waals surface area (Å²) in [7, 11) is -3.85. The predicted octanol–water partition coefficient (Wildman–Crippen LogP) is 2.44. The first-order valence-corrected chi connectivity index (χ1v) is 10.6. The summed E-state index contributed by atoms with van der Waals surface area (Å²) < 4.78 is 45.0. The van der Waals surface area contributed by atoms with Crippen LogP contribution in [0.1, 0.15) is 45.2 Å². The lowest BCUT2D eigenvalue weighted by Crippen LogP contribution is -2.40. The van der Waals surface area contributed by atoms with Crippen LogP contribution in [0.3, 0.4) is 0 Å². The number of oxime groups is 1. The zero-order valence-electron chi connectivity index (χ0n) is 15.8. The van der Waals surface area contributed by atoms with Gasteiger partial charge in [-0.1, -0.05) is 10.3 Å². The molecule has 0 spiro atoms. The molecule has 2 aliphatic rings. The Morgan fingerprint density at radius 1 is 1.21 bits per heavy atom. The Hall–Kier alpha value is -2.82. The van der Waals surface area contributed by atoms with Gasteiger partial charge in [-0.2, -0.15) is 0 Å².